The van der Waals surface area contributed by atoms with Gasteiger partial charge in [0.05, 0.1) is 24.0 Å². The van der Waals surface area contributed by atoms with Gasteiger partial charge >= 0.3 is 0 Å². The number of rotatable bonds is 9. The van der Waals surface area contributed by atoms with Crippen molar-refractivity contribution in [2.75, 3.05) is 14.2 Å². The van der Waals surface area contributed by atoms with E-state index in [1.807, 2.05) is 30.3 Å². The molecule has 0 saturated carbocycles. The van der Waals surface area contributed by atoms with E-state index in [1.165, 1.54) is 50.6 Å². The molecule has 0 amide bonds. The summed E-state index contributed by atoms with van der Waals surface area (Å²) in [4.78, 5) is -0.696. The minimum Gasteiger partial charge on any atom is -0.504 e. The van der Waals surface area contributed by atoms with Crippen LogP contribution in [-0.2, 0) is 16.4 Å². The molecule has 12 heteroatoms. The number of phenols is 1. The molecule has 0 radical (unpaired) electrons. The van der Waals surface area contributed by atoms with E-state index < -0.39 is 38.9 Å². The normalized spacial score (nSPS) is 11.1. The summed E-state index contributed by atoms with van der Waals surface area (Å²) in [5, 5.41) is 9.55. The van der Waals surface area contributed by atoms with Gasteiger partial charge in [-0.15, -0.1) is 0 Å². The lowest BCUT2D eigenvalue weighted by atomic mass is 10.2. The first-order valence-corrected chi connectivity index (χ1v) is 14.1. The fraction of sp³-hybridized carbons (Fsp3) is 0.172. The number of alkyl halides is 4. The summed E-state index contributed by atoms with van der Waals surface area (Å²) in [5.74, 6) is -0.0132. The third kappa shape index (κ3) is 7.92. The first-order chi connectivity index (χ1) is 19.5. The lowest BCUT2D eigenvalue weighted by Gasteiger charge is -2.13. The highest BCUT2D eigenvalue weighted by atomic mass is 79.9. The van der Waals surface area contributed by atoms with Crippen LogP contribution in [0.2, 0.25) is 0 Å². The fourth-order valence-corrected chi connectivity index (χ4v) is 5.57. The number of benzene rings is 4. The third-order valence-corrected chi connectivity index (χ3v) is 8.16. The van der Waals surface area contributed by atoms with Crippen LogP contribution in [0, 0.1) is 0 Å². The zero-order chi connectivity index (χ0) is 30.2. The SMILES string of the molecule is COc1cc(Br)c(C(F)F)cc1OCc1ccccc1.COc1cc(S(=O)(=O)c2ccccc2)c(C(F)F)cc1O. The molecule has 4 aromatic rings. The Bertz CT molecular complexity index is 1550. The Hall–Kier alpha value is -3.77. The van der Waals surface area contributed by atoms with Gasteiger partial charge in [0.1, 0.15) is 6.61 Å². The summed E-state index contributed by atoms with van der Waals surface area (Å²) < 4.78 is 92.7. The van der Waals surface area contributed by atoms with Crippen LogP contribution in [0.1, 0.15) is 29.5 Å². The second-order valence-electron chi connectivity index (χ2n) is 8.28. The Kier molecular flexibility index (Phi) is 11.0. The van der Waals surface area contributed by atoms with Crippen LogP contribution in [-0.4, -0.2) is 27.7 Å². The van der Waals surface area contributed by atoms with Gasteiger partial charge in [-0.1, -0.05) is 64.5 Å². The van der Waals surface area contributed by atoms with E-state index in [9.17, 15) is 31.1 Å². The zero-order valence-corrected chi connectivity index (χ0v) is 24.1. The summed E-state index contributed by atoms with van der Waals surface area (Å²) in [7, 11) is -1.46. The van der Waals surface area contributed by atoms with Crippen LogP contribution < -0.4 is 14.2 Å². The monoisotopic (exact) mass is 656 g/mol. The molecule has 0 aromatic heterocycles. The maximum Gasteiger partial charge on any atom is 0.265 e. The van der Waals surface area contributed by atoms with Crippen molar-refractivity contribution in [3.05, 3.63) is 106 Å². The summed E-state index contributed by atoms with van der Waals surface area (Å²) >= 11 is 3.10. The van der Waals surface area contributed by atoms with Gasteiger partial charge in [0.2, 0.25) is 9.84 Å². The first kappa shape index (κ1) is 31.8. The molecule has 0 aliphatic rings. The number of halogens is 5. The molecule has 1 N–H and O–H groups in total. The molecule has 0 aliphatic carbocycles. The number of sulfone groups is 1. The highest BCUT2D eigenvalue weighted by Gasteiger charge is 2.27. The molecule has 4 aromatic carbocycles. The summed E-state index contributed by atoms with van der Waals surface area (Å²) in [6.45, 7) is 0.293. The van der Waals surface area contributed by atoms with Gasteiger partial charge in [-0.2, -0.15) is 0 Å². The molecule has 0 aliphatic heterocycles. The molecule has 0 saturated heterocycles. The Balaban J connectivity index is 0.000000226. The minimum atomic E-state index is -4.14. The molecule has 6 nitrogen and oxygen atoms in total. The van der Waals surface area contributed by atoms with E-state index in [0.717, 1.165) is 11.6 Å². The van der Waals surface area contributed by atoms with Crippen LogP contribution in [0.4, 0.5) is 17.6 Å². The van der Waals surface area contributed by atoms with Gasteiger partial charge < -0.3 is 19.3 Å². The predicted octanol–water partition coefficient (Wildman–Crippen LogP) is 8.15. The molecule has 0 fully saturated rings. The molecule has 218 valence electrons. The van der Waals surface area contributed by atoms with Gasteiger partial charge in [0.25, 0.3) is 12.9 Å². The van der Waals surface area contributed by atoms with Gasteiger partial charge in [0.15, 0.2) is 23.0 Å². The van der Waals surface area contributed by atoms with Crippen LogP contribution in [0.15, 0.2) is 99.2 Å². The van der Waals surface area contributed by atoms with Crippen molar-refractivity contribution in [3.8, 4) is 23.0 Å². The van der Waals surface area contributed by atoms with E-state index in [-0.39, 0.29) is 16.2 Å². The molecule has 0 heterocycles. The topological polar surface area (TPSA) is 82.1 Å². The molecule has 0 unspecified atom stereocenters. The number of ether oxygens (including phenoxy) is 3. The Labute approximate surface area is 243 Å². The van der Waals surface area contributed by atoms with Crippen molar-refractivity contribution in [1.82, 2.24) is 0 Å². The zero-order valence-electron chi connectivity index (χ0n) is 21.7. The minimum absolute atomic E-state index is 0.111. The van der Waals surface area contributed by atoms with Gasteiger partial charge in [-0.25, -0.2) is 26.0 Å². The fourth-order valence-electron chi connectivity index (χ4n) is 3.58. The van der Waals surface area contributed by atoms with E-state index in [4.69, 9.17) is 14.2 Å². The maximum atomic E-state index is 13.1. The van der Waals surface area contributed by atoms with E-state index >= 15 is 0 Å². The molecular formula is C29H25BrF4O6S. The Morgan fingerprint density at radius 2 is 1.32 bits per heavy atom. The molecule has 0 bridgehead atoms. The molecule has 0 spiro atoms. The highest BCUT2D eigenvalue weighted by molar-refractivity contribution is 9.10. The van der Waals surface area contributed by atoms with Crippen LogP contribution >= 0.6 is 15.9 Å². The lowest BCUT2D eigenvalue weighted by Crippen LogP contribution is -2.06. The van der Waals surface area contributed by atoms with Crippen molar-refractivity contribution in [3.63, 3.8) is 0 Å². The van der Waals surface area contributed by atoms with E-state index in [1.54, 1.807) is 6.07 Å². The van der Waals surface area contributed by atoms with Crippen molar-refractivity contribution in [2.24, 2.45) is 0 Å². The first-order valence-electron chi connectivity index (χ1n) is 11.8. The average Bonchev–Trinajstić information content (AvgIpc) is 2.97. The largest absolute Gasteiger partial charge is 0.504 e. The molecule has 41 heavy (non-hydrogen) atoms. The summed E-state index contributed by atoms with van der Waals surface area (Å²) in [5.41, 5.74) is 0.0714. The third-order valence-electron chi connectivity index (χ3n) is 5.64. The van der Waals surface area contributed by atoms with E-state index in [0.29, 0.717) is 28.6 Å². The van der Waals surface area contributed by atoms with Crippen molar-refractivity contribution in [2.45, 2.75) is 29.2 Å². The van der Waals surface area contributed by atoms with Crippen LogP contribution in [0.3, 0.4) is 0 Å². The van der Waals surface area contributed by atoms with Crippen molar-refractivity contribution in [1.29, 1.82) is 0 Å². The van der Waals surface area contributed by atoms with Crippen LogP contribution in [0.5, 0.6) is 23.0 Å². The van der Waals surface area contributed by atoms with Crippen LogP contribution in [0.25, 0.3) is 0 Å². The second-order valence-corrected chi connectivity index (χ2v) is 11.1. The standard InChI is InChI=1S/C15H13BrF2O2.C14H12F2O4S/c1-19-13-8-12(16)11(15(17)18)7-14(13)20-9-10-5-3-2-4-6-10;1-20-12-8-13(10(14(15)16)7-11(12)17)21(18,19)9-5-3-2-4-6-9/h2-8,15H,9H2,1H3;2-8,14,17H,1H3. The Morgan fingerprint density at radius 1 is 0.756 bits per heavy atom. The average molecular weight is 657 g/mol. The second kappa shape index (κ2) is 14.2. The summed E-state index contributed by atoms with van der Waals surface area (Å²) in [6.07, 6.45) is -5.62. The van der Waals surface area contributed by atoms with Gasteiger partial charge in [0, 0.05) is 21.7 Å². The van der Waals surface area contributed by atoms with Crippen molar-refractivity contribution < 1.29 is 45.3 Å². The van der Waals surface area contributed by atoms with Gasteiger partial charge in [-0.3, -0.25) is 0 Å². The maximum absolute atomic E-state index is 13.1. The quantitative estimate of drug-likeness (QED) is 0.183. The summed E-state index contributed by atoms with van der Waals surface area (Å²) in [6, 6.07) is 21.1. The highest BCUT2D eigenvalue weighted by Crippen LogP contribution is 2.39. The van der Waals surface area contributed by atoms with Gasteiger partial charge in [-0.05, 0) is 35.9 Å². The smallest absolute Gasteiger partial charge is 0.265 e. The number of hydrogen-bond donors (Lipinski definition) is 1. The number of aromatic hydroxyl groups is 1. The molecule has 0 atom stereocenters. The Morgan fingerprint density at radius 3 is 1.85 bits per heavy atom. The molecule has 4 rings (SSSR count). The molecular weight excluding hydrogens is 632 g/mol. The predicted molar refractivity (Wildman–Crippen MR) is 148 cm³/mol. The number of phenolic OH excluding ortho intramolecular Hbond substituents is 1. The van der Waals surface area contributed by atoms with E-state index in [2.05, 4.69) is 15.9 Å². The number of hydrogen-bond acceptors (Lipinski definition) is 6. The number of methoxy groups -OCH3 is 2. The lowest BCUT2D eigenvalue weighted by molar-refractivity contribution is 0.147. The van der Waals surface area contributed by atoms with Crippen molar-refractivity contribution >= 4 is 25.8 Å².